The van der Waals surface area contributed by atoms with E-state index in [-0.39, 0.29) is 6.04 Å². The van der Waals surface area contributed by atoms with Crippen LogP contribution in [-0.2, 0) is 0 Å². The normalized spacial score (nSPS) is 13.5. The second kappa shape index (κ2) is 7.22. The van der Waals surface area contributed by atoms with Crippen molar-refractivity contribution >= 4 is 11.6 Å². The quantitative estimate of drug-likeness (QED) is 0.870. The second-order valence-electron chi connectivity index (χ2n) is 4.24. The van der Waals surface area contributed by atoms with Gasteiger partial charge in [0.05, 0.1) is 25.3 Å². The van der Waals surface area contributed by atoms with Crippen molar-refractivity contribution in [2.45, 2.75) is 32.4 Å². The van der Waals surface area contributed by atoms with Crippen LogP contribution in [0.2, 0.25) is 5.02 Å². The first-order valence-corrected chi connectivity index (χ1v) is 6.52. The molecule has 2 atom stereocenters. The molecule has 0 saturated heterocycles. The number of nitrogens with one attached hydrogen (secondary N) is 1. The van der Waals surface area contributed by atoms with E-state index in [9.17, 15) is 5.26 Å². The first-order valence-electron chi connectivity index (χ1n) is 6.15. The summed E-state index contributed by atoms with van der Waals surface area (Å²) in [5, 5.41) is 12.9. The fourth-order valence-electron chi connectivity index (χ4n) is 1.73. The third-order valence-corrected chi connectivity index (χ3v) is 3.41. The van der Waals surface area contributed by atoms with Gasteiger partial charge in [-0.15, -0.1) is 0 Å². The molecule has 0 aromatic heterocycles. The number of nitriles is 1. The highest BCUT2D eigenvalue weighted by Crippen LogP contribution is 2.39. The van der Waals surface area contributed by atoms with Gasteiger partial charge in [0.1, 0.15) is 6.04 Å². The van der Waals surface area contributed by atoms with E-state index in [1.165, 1.54) is 7.11 Å². The first-order chi connectivity index (χ1) is 9.08. The summed E-state index contributed by atoms with van der Waals surface area (Å²) in [7, 11) is 3.07. The van der Waals surface area contributed by atoms with E-state index < -0.39 is 6.04 Å². The standard InChI is InChI=1S/C14H19ClN2O2/c1-5-9(2)17-11(8-16)10-6-7-12(18-3)14(19-4)13(10)15/h6-7,9,11,17H,5H2,1-4H3. The lowest BCUT2D eigenvalue weighted by Crippen LogP contribution is -2.29. The van der Waals surface area contributed by atoms with Gasteiger partial charge in [-0.2, -0.15) is 5.26 Å². The van der Waals surface area contributed by atoms with Gasteiger partial charge < -0.3 is 9.47 Å². The topological polar surface area (TPSA) is 54.3 Å². The first kappa shape index (κ1) is 15.6. The number of hydrogen-bond acceptors (Lipinski definition) is 4. The van der Waals surface area contributed by atoms with E-state index in [0.717, 1.165) is 6.42 Å². The highest BCUT2D eigenvalue weighted by Gasteiger charge is 2.20. The molecule has 0 spiro atoms. The van der Waals surface area contributed by atoms with Crippen LogP contribution >= 0.6 is 11.6 Å². The third kappa shape index (κ3) is 3.52. The molecule has 0 heterocycles. The molecule has 0 amide bonds. The van der Waals surface area contributed by atoms with Crippen molar-refractivity contribution in [3.63, 3.8) is 0 Å². The van der Waals surface area contributed by atoms with Crippen molar-refractivity contribution in [3.8, 4) is 17.6 Å². The van der Waals surface area contributed by atoms with Crippen LogP contribution in [0.25, 0.3) is 0 Å². The highest BCUT2D eigenvalue weighted by atomic mass is 35.5. The molecule has 1 N–H and O–H groups in total. The molecule has 5 heteroatoms. The zero-order valence-corrected chi connectivity index (χ0v) is 12.4. The Hall–Kier alpha value is -1.44. The Morgan fingerprint density at radius 2 is 2.05 bits per heavy atom. The van der Waals surface area contributed by atoms with Gasteiger partial charge in [-0.05, 0) is 19.4 Å². The third-order valence-electron chi connectivity index (χ3n) is 3.02. The maximum absolute atomic E-state index is 9.30. The van der Waals surface area contributed by atoms with Crippen molar-refractivity contribution in [2.75, 3.05) is 14.2 Å². The van der Waals surface area contributed by atoms with E-state index in [2.05, 4.69) is 18.3 Å². The van der Waals surface area contributed by atoms with Gasteiger partial charge in [-0.25, -0.2) is 0 Å². The van der Waals surface area contributed by atoms with Crippen molar-refractivity contribution in [3.05, 3.63) is 22.7 Å². The summed E-state index contributed by atoms with van der Waals surface area (Å²) in [6, 6.07) is 5.52. The van der Waals surface area contributed by atoms with Crippen LogP contribution < -0.4 is 14.8 Å². The summed E-state index contributed by atoms with van der Waals surface area (Å²) in [5.74, 6) is 1.00. The minimum atomic E-state index is -0.470. The van der Waals surface area contributed by atoms with E-state index >= 15 is 0 Å². The number of hydrogen-bond donors (Lipinski definition) is 1. The maximum atomic E-state index is 9.30. The minimum absolute atomic E-state index is 0.230. The zero-order valence-electron chi connectivity index (χ0n) is 11.7. The summed E-state index contributed by atoms with van der Waals surface area (Å²) < 4.78 is 10.4. The second-order valence-corrected chi connectivity index (χ2v) is 4.62. The van der Waals surface area contributed by atoms with Crippen LogP contribution in [0.4, 0.5) is 0 Å². The largest absolute Gasteiger partial charge is 0.493 e. The molecule has 0 aliphatic rings. The summed E-state index contributed by atoms with van der Waals surface area (Å²) in [6.07, 6.45) is 0.934. The number of ether oxygens (including phenoxy) is 2. The average molecular weight is 283 g/mol. The predicted octanol–water partition coefficient (Wildman–Crippen LogP) is 3.31. The van der Waals surface area contributed by atoms with E-state index in [1.54, 1.807) is 19.2 Å². The van der Waals surface area contributed by atoms with Gasteiger partial charge >= 0.3 is 0 Å². The molecule has 19 heavy (non-hydrogen) atoms. The monoisotopic (exact) mass is 282 g/mol. The molecule has 1 rings (SSSR count). The number of methoxy groups -OCH3 is 2. The lowest BCUT2D eigenvalue weighted by Gasteiger charge is -2.20. The molecule has 0 saturated carbocycles. The summed E-state index contributed by atoms with van der Waals surface area (Å²) in [6.45, 7) is 4.08. The molecule has 104 valence electrons. The lowest BCUT2D eigenvalue weighted by molar-refractivity contribution is 0.354. The Bertz CT molecular complexity index is 471. The average Bonchev–Trinajstić information content (AvgIpc) is 2.44. The van der Waals surface area contributed by atoms with Gasteiger partial charge in [-0.1, -0.05) is 24.6 Å². The van der Waals surface area contributed by atoms with Gasteiger partial charge in [0.15, 0.2) is 11.5 Å². The summed E-state index contributed by atoms with van der Waals surface area (Å²) in [5.41, 5.74) is 0.696. The van der Waals surface area contributed by atoms with E-state index in [4.69, 9.17) is 21.1 Å². The molecule has 0 fully saturated rings. The molecule has 1 aromatic carbocycles. The molecule has 0 aliphatic carbocycles. The Labute approximate surface area is 119 Å². The fourth-order valence-corrected chi connectivity index (χ4v) is 2.07. The Morgan fingerprint density at radius 1 is 1.37 bits per heavy atom. The molecule has 2 unspecified atom stereocenters. The van der Waals surface area contributed by atoms with Crippen LogP contribution in [0.5, 0.6) is 11.5 Å². The van der Waals surface area contributed by atoms with Crippen LogP contribution in [0.1, 0.15) is 31.9 Å². The number of rotatable bonds is 6. The molecular weight excluding hydrogens is 264 g/mol. The highest BCUT2D eigenvalue weighted by molar-refractivity contribution is 6.33. The Balaban J connectivity index is 3.15. The van der Waals surface area contributed by atoms with Crippen LogP contribution in [-0.4, -0.2) is 20.3 Å². The van der Waals surface area contributed by atoms with Gasteiger partial charge in [-0.3, -0.25) is 5.32 Å². The molecule has 0 aliphatic heterocycles. The van der Waals surface area contributed by atoms with Gasteiger partial charge in [0, 0.05) is 11.6 Å². The molecule has 4 nitrogen and oxygen atoms in total. The molecule has 0 radical (unpaired) electrons. The van der Waals surface area contributed by atoms with Crippen LogP contribution in [0, 0.1) is 11.3 Å². The number of halogens is 1. The van der Waals surface area contributed by atoms with Crippen molar-refractivity contribution < 1.29 is 9.47 Å². The van der Waals surface area contributed by atoms with E-state index in [1.807, 2.05) is 6.92 Å². The molecule has 0 bridgehead atoms. The van der Waals surface area contributed by atoms with Crippen molar-refractivity contribution in [1.29, 1.82) is 5.26 Å². The zero-order chi connectivity index (χ0) is 14.4. The van der Waals surface area contributed by atoms with Crippen LogP contribution in [0.3, 0.4) is 0 Å². The van der Waals surface area contributed by atoms with Gasteiger partial charge in [0.2, 0.25) is 0 Å². The fraction of sp³-hybridized carbons (Fsp3) is 0.500. The van der Waals surface area contributed by atoms with Crippen molar-refractivity contribution in [2.24, 2.45) is 0 Å². The predicted molar refractivity (Wildman–Crippen MR) is 75.8 cm³/mol. The Morgan fingerprint density at radius 3 is 2.53 bits per heavy atom. The minimum Gasteiger partial charge on any atom is -0.493 e. The summed E-state index contributed by atoms with van der Waals surface area (Å²) >= 11 is 6.30. The summed E-state index contributed by atoms with van der Waals surface area (Å²) in [4.78, 5) is 0. The Kier molecular flexibility index (Phi) is 5.94. The maximum Gasteiger partial charge on any atom is 0.179 e. The molecular formula is C14H19ClN2O2. The molecule has 1 aromatic rings. The SMILES string of the molecule is CCC(C)NC(C#N)c1ccc(OC)c(OC)c1Cl. The van der Waals surface area contributed by atoms with Crippen LogP contribution in [0.15, 0.2) is 12.1 Å². The number of benzene rings is 1. The lowest BCUT2D eigenvalue weighted by atomic mass is 10.1. The van der Waals surface area contributed by atoms with Gasteiger partial charge in [0.25, 0.3) is 0 Å². The van der Waals surface area contributed by atoms with Crippen molar-refractivity contribution in [1.82, 2.24) is 5.32 Å². The number of nitrogens with zero attached hydrogens (tertiary/aromatic N) is 1. The van der Waals surface area contributed by atoms with E-state index in [0.29, 0.717) is 22.1 Å². The smallest absolute Gasteiger partial charge is 0.179 e.